The van der Waals surface area contributed by atoms with Crippen molar-refractivity contribution < 1.29 is 19.1 Å². The van der Waals surface area contributed by atoms with E-state index in [-0.39, 0.29) is 18.0 Å². The number of carbonyl (C=O) groups is 2. The Balaban J connectivity index is 2.03. The van der Waals surface area contributed by atoms with Crippen molar-refractivity contribution in [3.05, 3.63) is 45.0 Å². The molecule has 6 heteroatoms. The SMILES string of the molecule is Cc1cscc1C(=O)NCc1cc(C(=O)O)c(C)o1. The van der Waals surface area contributed by atoms with Crippen molar-refractivity contribution in [2.75, 3.05) is 0 Å². The first-order chi connectivity index (χ1) is 8.99. The van der Waals surface area contributed by atoms with Gasteiger partial charge in [0.1, 0.15) is 17.1 Å². The van der Waals surface area contributed by atoms with Crippen LogP contribution in [-0.4, -0.2) is 17.0 Å². The van der Waals surface area contributed by atoms with Crippen LogP contribution in [0.15, 0.2) is 21.2 Å². The number of rotatable bonds is 4. The molecule has 2 heterocycles. The van der Waals surface area contributed by atoms with Crippen LogP contribution in [0.2, 0.25) is 0 Å². The standard InChI is InChI=1S/C13H13NO4S/c1-7-5-19-6-11(7)12(15)14-4-9-3-10(13(16)17)8(2)18-9/h3,5-6H,4H2,1-2H3,(H,14,15)(H,16,17). The van der Waals surface area contributed by atoms with E-state index in [1.165, 1.54) is 17.4 Å². The zero-order valence-electron chi connectivity index (χ0n) is 10.5. The highest BCUT2D eigenvalue weighted by atomic mass is 32.1. The highest BCUT2D eigenvalue weighted by Gasteiger charge is 2.15. The van der Waals surface area contributed by atoms with E-state index >= 15 is 0 Å². The van der Waals surface area contributed by atoms with E-state index in [2.05, 4.69) is 5.32 Å². The smallest absolute Gasteiger partial charge is 0.339 e. The second-order valence-corrected chi connectivity index (χ2v) is 4.88. The summed E-state index contributed by atoms with van der Waals surface area (Å²) in [5.74, 6) is -0.461. The van der Waals surface area contributed by atoms with Crippen LogP contribution in [0.3, 0.4) is 0 Å². The molecule has 0 saturated carbocycles. The maximum atomic E-state index is 11.9. The molecule has 0 aliphatic heterocycles. The summed E-state index contributed by atoms with van der Waals surface area (Å²) in [7, 11) is 0. The van der Waals surface area contributed by atoms with Crippen molar-refractivity contribution in [1.82, 2.24) is 5.32 Å². The van der Waals surface area contributed by atoms with E-state index in [1.807, 2.05) is 12.3 Å². The van der Waals surface area contributed by atoms with Crippen LogP contribution in [0, 0.1) is 13.8 Å². The van der Waals surface area contributed by atoms with Crippen LogP contribution in [-0.2, 0) is 6.54 Å². The van der Waals surface area contributed by atoms with Crippen LogP contribution in [0.5, 0.6) is 0 Å². The molecule has 0 aromatic carbocycles. The molecule has 0 spiro atoms. The van der Waals surface area contributed by atoms with Crippen LogP contribution in [0.4, 0.5) is 0 Å². The van der Waals surface area contributed by atoms with Gasteiger partial charge in [-0.05, 0) is 30.9 Å². The number of hydrogen-bond acceptors (Lipinski definition) is 4. The Morgan fingerprint density at radius 3 is 2.58 bits per heavy atom. The van der Waals surface area contributed by atoms with Gasteiger partial charge in [-0.1, -0.05) is 0 Å². The number of carboxylic acids is 1. The number of aryl methyl sites for hydroxylation is 2. The summed E-state index contributed by atoms with van der Waals surface area (Å²) in [5, 5.41) is 15.3. The third-order valence-corrected chi connectivity index (χ3v) is 3.58. The number of amides is 1. The second-order valence-electron chi connectivity index (χ2n) is 4.14. The van der Waals surface area contributed by atoms with Gasteiger partial charge in [0.2, 0.25) is 0 Å². The molecule has 2 aromatic heterocycles. The molecule has 0 saturated heterocycles. The number of aromatic carboxylic acids is 1. The van der Waals surface area contributed by atoms with E-state index < -0.39 is 5.97 Å². The summed E-state index contributed by atoms with van der Waals surface area (Å²) in [4.78, 5) is 22.7. The third-order valence-electron chi connectivity index (χ3n) is 2.72. The molecule has 0 fully saturated rings. The molecule has 0 aliphatic rings. The van der Waals surface area contributed by atoms with Crippen LogP contribution in [0.25, 0.3) is 0 Å². The summed E-state index contributed by atoms with van der Waals surface area (Å²) < 4.78 is 5.28. The van der Waals surface area contributed by atoms with Gasteiger partial charge in [-0.15, -0.1) is 0 Å². The van der Waals surface area contributed by atoms with Crippen molar-refractivity contribution in [2.24, 2.45) is 0 Å². The van der Waals surface area contributed by atoms with E-state index in [0.29, 0.717) is 17.1 Å². The molecule has 0 aliphatic carbocycles. The predicted octanol–water partition coefficient (Wildman–Crippen LogP) is 2.59. The number of hydrogen-bond donors (Lipinski definition) is 2. The second kappa shape index (κ2) is 5.27. The molecular weight excluding hydrogens is 266 g/mol. The van der Waals surface area contributed by atoms with Crippen molar-refractivity contribution >= 4 is 23.2 Å². The molecule has 0 unspecified atom stereocenters. The first-order valence-electron chi connectivity index (χ1n) is 5.62. The fourth-order valence-electron chi connectivity index (χ4n) is 1.70. The Kier molecular flexibility index (Phi) is 3.71. The molecule has 0 radical (unpaired) electrons. The minimum absolute atomic E-state index is 0.121. The van der Waals surface area contributed by atoms with Crippen molar-refractivity contribution in [2.45, 2.75) is 20.4 Å². The van der Waals surface area contributed by atoms with Crippen molar-refractivity contribution in [3.8, 4) is 0 Å². The van der Waals surface area contributed by atoms with E-state index in [4.69, 9.17) is 9.52 Å². The van der Waals surface area contributed by atoms with E-state index in [9.17, 15) is 9.59 Å². The molecule has 2 aromatic rings. The molecule has 19 heavy (non-hydrogen) atoms. The first-order valence-corrected chi connectivity index (χ1v) is 6.57. The van der Waals surface area contributed by atoms with Crippen molar-refractivity contribution in [3.63, 3.8) is 0 Å². The third kappa shape index (κ3) is 2.85. The fourth-order valence-corrected chi connectivity index (χ4v) is 2.53. The van der Waals surface area contributed by atoms with Crippen molar-refractivity contribution in [1.29, 1.82) is 0 Å². The van der Waals surface area contributed by atoms with Gasteiger partial charge >= 0.3 is 5.97 Å². The highest BCUT2D eigenvalue weighted by Crippen LogP contribution is 2.16. The Labute approximate surface area is 113 Å². The summed E-state index contributed by atoms with van der Waals surface area (Å²) in [6.45, 7) is 3.62. The molecule has 100 valence electrons. The first kappa shape index (κ1) is 13.4. The number of furan rings is 1. The van der Waals surface area contributed by atoms with Crippen LogP contribution in [0.1, 0.15) is 37.8 Å². The Morgan fingerprint density at radius 2 is 2.05 bits per heavy atom. The lowest BCUT2D eigenvalue weighted by atomic mass is 10.2. The molecule has 1 amide bonds. The zero-order valence-corrected chi connectivity index (χ0v) is 11.3. The largest absolute Gasteiger partial charge is 0.478 e. The van der Waals surface area contributed by atoms with Gasteiger partial charge in [-0.25, -0.2) is 4.79 Å². The summed E-state index contributed by atoms with van der Waals surface area (Å²) in [5.41, 5.74) is 1.67. The summed E-state index contributed by atoms with van der Waals surface area (Å²) in [6.07, 6.45) is 0. The minimum Gasteiger partial charge on any atom is -0.478 e. The molecule has 0 bridgehead atoms. The predicted molar refractivity (Wildman–Crippen MR) is 70.6 cm³/mol. The molecular formula is C13H13NO4S. The van der Waals surface area contributed by atoms with Gasteiger partial charge in [-0.2, -0.15) is 11.3 Å². The van der Waals surface area contributed by atoms with Gasteiger partial charge in [-0.3, -0.25) is 4.79 Å². The van der Waals surface area contributed by atoms with Gasteiger partial charge < -0.3 is 14.8 Å². The fraction of sp³-hybridized carbons (Fsp3) is 0.231. The Hall–Kier alpha value is -2.08. The van der Waals surface area contributed by atoms with Gasteiger partial charge in [0.05, 0.1) is 12.1 Å². The number of nitrogens with one attached hydrogen (secondary N) is 1. The topological polar surface area (TPSA) is 79.5 Å². The van der Waals surface area contributed by atoms with Gasteiger partial charge in [0.15, 0.2) is 0 Å². The lowest BCUT2D eigenvalue weighted by molar-refractivity contribution is 0.0694. The molecule has 0 atom stereocenters. The average Bonchev–Trinajstić information content (AvgIpc) is 2.92. The average molecular weight is 279 g/mol. The zero-order chi connectivity index (χ0) is 14.0. The number of thiophene rings is 1. The lowest BCUT2D eigenvalue weighted by Crippen LogP contribution is -2.22. The van der Waals surface area contributed by atoms with Crippen LogP contribution < -0.4 is 5.32 Å². The highest BCUT2D eigenvalue weighted by molar-refractivity contribution is 7.08. The Morgan fingerprint density at radius 1 is 1.32 bits per heavy atom. The molecule has 5 nitrogen and oxygen atoms in total. The van der Waals surface area contributed by atoms with Gasteiger partial charge in [0, 0.05) is 5.38 Å². The maximum absolute atomic E-state index is 11.9. The van der Waals surface area contributed by atoms with Gasteiger partial charge in [0.25, 0.3) is 5.91 Å². The molecule has 2 N–H and O–H groups in total. The summed E-state index contributed by atoms with van der Waals surface area (Å²) in [6, 6.07) is 1.43. The van der Waals surface area contributed by atoms with E-state index in [0.717, 1.165) is 5.56 Å². The lowest BCUT2D eigenvalue weighted by Gasteiger charge is -2.02. The Bertz CT molecular complexity index is 626. The summed E-state index contributed by atoms with van der Waals surface area (Å²) >= 11 is 1.46. The normalized spacial score (nSPS) is 10.4. The monoisotopic (exact) mass is 279 g/mol. The number of carboxylic acid groups (broad SMARTS) is 1. The minimum atomic E-state index is -1.03. The number of carbonyl (C=O) groups excluding carboxylic acids is 1. The maximum Gasteiger partial charge on any atom is 0.339 e. The van der Waals surface area contributed by atoms with Crippen LogP contribution >= 0.6 is 11.3 Å². The molecule has 2 rings (SSSR count). The quantitative estimate of drug-likeness (QED) is 0.901. The van der Waals surface area contributed by atoms with E-state index in [1.54, 1.807) is 12.3 Å².